The molecule has 1 heterocycles. The lowest BCUT2D eigenvalue weighted by Gasteiger charge is -2.22. The molecule has 0 bridgehead atoms. The molecule has 1 atom stereocenters. The smallest absolute Gasteiger partial charge is 0.238 e. The summed E-state index contributed by atoms with van der Waals surface area (Å²) in [5, 5.41) is 3.98. The van der Waals surface area contributed by atoms with Crippen LogP contribution in [0.1, 0.15) is 25.6 Å². The van der Waals surface area contributed by atoms with Crippen molar-refractivity contribution in [1.82, 2.24) is 4.90 Å². The summed E-state index contributed by atoms with van der Waals surface area (Å²) in [6.07, 6.45) is 0. The molecule has 2 aromatic carbocycles. The van der Waals surface area contributed by atoms with Crippen molar-refractivity contribution < 1.29 is 13.9 Å². The van der Waals surface area contributed by atoms with Crippen LogP contribution in [-0.4, -0.2) is 31.0 Å². The number of ether oxygens (including phenoxy) is 1. The van der Waals surface area contributed by atoms with Crippen molar-refractivity contribution in [3.05, 3.63) is 60.4 Å². The summed E-state index contributed by atoms with van der Waals surface area (Å²) in [5.74, 6) is 1.57. The van der Waals surface area contributed by atoms with E-state index in [9.17, 15) is 4.79 Å². The number of amides is 1. The molecule has 1 N–H and O–H groups in total. The maximum absolute atomic E-state index is 12.3. The molecule has 0 fully saturated rings. The van der Waals surface area contributed by atoms with Crippen LogP contribution in [-0.2, 0) is 4.79 Å². The molecule has 5 nitrogen and oxygen atoms in total. The Labute approximate surface area is 153 Å². The molecule has 0 saturated heterocycles. The summed E-state index contributed by atoms with van der Waals surface area (Å²) in [5.41, 5.74) is 1.62. The van der Waals surface area contributed by atoms with Crippen molar-refractivity contribution >= 4 is 22.6 Å². The normalized spacial score (nSPS) is 12.3. The monoisotopic (exact) mass is 352 g/mol. The highest BCUT2D eigenvalue weighted by molar-refractivity contribution is 5.92. The third-order valence-corrected chi connectivity index (χ3v) is 4.36. The predicted molar refractivity (Wildman–Crippen MR) is 103 cm³/mol. The fourth-order valence-electron chi connectivity index (χ4n) is 2.79. The summed E-state index contributed by atoms with van der Waals surface area (Å²) < 4.78 is 11.3. The number of hydrogen-bond donors (Lipinski definition) is 1. The van der Waals surface area contributed by atoms with Crippen molar-refractivity contribution in [2.45, 2.75) is 19.9 Å². The number of likely N-dealkylation sites (N-methyl/N-ethyl adjacent to an activating group) is 1. The van der Waals surface area contributed by atoms with Gasteiger partial charge in [0.15, 0.2) is 0 Å². The number of rotatable bonds is 7. The van der Waals surface area contributed by atoms with Crippen LogP contribution in [0.15, 0.2) is 59.0 Å². The Hall–Kier alpha value is -2.79. The molecule has 0 radical (unpaired) electrons. The largest absolute Gasteiger partial charge is 0.494 e. The van der Waals surface area contributed by atoms with E-state index in [1.165, 1.54) is 0 Å². The first-order valence-electron chi connectivity index (χ1n) is 8.78. The Morgan fingerprint density at radius 2 is 1.92 bits per heavy atom. The zero-order chi connectivity index (χ0) is 18.5. The second kappa shape index (κ2) is 8.06. The third kappa shape index (κ3) is 4.24. The molecular formula is C21H24N2O3. The van der Waals surface area contributed by atoms with Crippen LogP contribution in [0, 0.1) is 0 Å². The molecule has 0 aliphatic heterocycles. The number of hydrogen-bond acceptors (Lipinski definition) is 4. The van der Waals surface area contributed by atoms with Gasteiger partial charge in [0.1, 0.15) is 17.1 Å². The molecular weight excluding hydrogens is 328 g/mol. The first-order valence-corrected chi connectivity index (χ1v) is 8.78. The van der Waals surface area contributed by atoms with Gasteiger partial charge in [0.05, 0.1) is 19.2 Å². The van der Waals surface area contributed by atoms with Gasteiger partial charge in [-0.2, -0.15) is 0 Å². The van der Waals surface area contributed by atoms with E-state index in [0.29, 0.717) is 6.61 Å². The Kier molecular flexibility index (Phi) is 5.58. The minimum absolute atomic E-state index is 0.00604. The quantitative estimate of drug-likeness (QED) is 0.682. The maximum Gasteiger partial charge on any atom is 0.238 e. The van der Waals surface area contributed by atoms with Crippen molar-refractivity contribution in [1.29, 1.82) is 0 Å². The van der Waals surface area contributed by atoms with E-state index < -0.39 is 0 Å². The Bertz CT molecular complexity index is 837. The number of carbonyl (C=O) groups is 1. The number of benzene rings is 2. The lowest BCUT2D eigenvalue weighted by Crippen LogP contribution is -2.32. The van der Waals surface area contributed by atoms with Crippen LogP contribution >= 0.6 is 0 Å². The molecule has 1 unspecified atom stereocenters. The number of para-hydroxylation sites is 1. The van der Waals surface area contributed by atoms with Crippen LogP contribution in [0.25, 0.3) is 11.0 Å². The van der Waals surface area contributed by atoms with Crippen LogP contribution in [0.5, 0.6) is 5.75 Å². The summed E-state index contributed by atoms with van der Waals surface area (Å²) >= 11 is 0. The predicted octanol–water partition coefficient (Wildman–Crippen LogP) is 4.46. The zero-order valence-electron chi connectivity index (χ0n) is 15.4. The molecule has 136 valence electrons. The fraction of sp³-hybridized carbons (Fsp3) is 0.286. The molecule has 26 heavy (non-hydrogen) atoms. The van der Waals surface area contributed by atoms with Gasteiger partial charge < -0.3 is 14.5 Å². The summed E-state index contributed by atoms with van der Waals surface area (Å²) in [4.78, 5) is 14.3. The van der Waals surface area contributed by atoms with E-state index in [1.807, 2.05) is 80.4 Å². The second-order valence-corrected chi connectivity index (χ2v) is 6.28. The Morgan fingerprint density at radius 1 is 1.19 bits per heavy atom. The summed E-state index contributed by atoms with van der Waals surface area (Å²) in [7, 11) is 1.91. The van der Waals surface area contributed by atoms with E-state index in [4.69, 9.17) is 9.15 Å². The molecule has 5 heteroatoms. The maximum atomic E-state index is 12.3. The molecule has 1 aromatic heterocycles. The highest BCUT2D eigenvalue weighted by Crippen LogP contribution is 2.26. The second-order valence-electron chi connectivity index (χ2n) is 6.28. The van der Waals surface area contributed by atoms with Gasteiger partial charge in [-0.05, 0) is 57.3 Å². The molecule has 0 aliphatic carbocycles. The number of anilines is 1. The van der Waals surface area contributed by atoms with Crippen LogP contribution in [0.2, 0.25) is 0 Å². The standard InChI is InChI=1S/C21H24N2O3/c1-4-25-18-11-9-17(10-12-18)22-21(24)14-23(3)15(2)20-13-16-7-5-6-8-19(16)26-20/h5-13,15H,4,14H2,1-3H3,(H,22,24). The number of nitrogens with zero attached hydrogens (tertiary/aromatic N) is 1. The first kappa shape index (κ1) is 18.0. The molecule has 0 saturated carbocycles. The lowest BCUT2D eigenvalue weighted by molar-refractivity contribution is -0.117. The Balaban J connectivity index is 1.59. The van der Waals surface area contributed by atoms with Crippen molar-refractivity contribution in [3.63, 3.8) is 0 Å². The van der Waals surface area contributed by atoms with Gasteiger partial charge in [0, 0.05) is 11.1 Å². The lowest BCUT2D eigenvalue weighted by atomic mass is 10.2. The van der Waals surface area contributed by atoms with E-state index in [-0.39, 0.29) is 18.5 Å². The van der Waals surface area contributed by atoms with Crippen molar-refractivity contribution in [3.8, 4) is 5.75 Å². The number of furan rings is 1. The minimum atomic E-state index is -0.0698. The minimum Gasteiger partial charge on any atom is -0.494 e. The number of nitrogens with one attached hydrogen (secondary N) is 1. The average molecular weight is 352 g/mol. The molecule has 3 aromatic rings. The van der Waals surface area contributed by atoms with Crippen molar-refractivity contribution in [2.24, 2.45) is 0 Å². The summed E-state index contributed by atoms with van der Waals surface area (Å²) in [6, 6.07) is 17.3. The molecule has 0 aliphatic rings. The van der Waals surface area contributed by atoms with Gasteiger partial charge in [0.25, 0.3) is 0 Å². The van der Waals surface area contributed by atoms with E-state index in [2.05, 4.69) is 5.32 Å². The first-order chi connectivity index (χ1) is 12.6. The van der Waals surface area contributed by atoms with Gasteiger partial charge in [-0.15, -0.1) is 0 Å². The van der Waals surface area contributed by atoms with E-state index in [1.54, 1.807) is 0 Å². The van der Waals surface area contributed by atoms with Crippen molar-refractivity contribution in [2.75, 3.05) is 25.5 Å². The van der Waals surface area contributed by atoms with Gasteiger partial charge in [-0.3, -0.25) is 9.69 Å². The topological polar surface area (TPSA) is 54.7 Å². The Morgan fingerprint density at radius 3 is 2.62 bits per heavy atom. The number of fused-ring (bicyclic) bond motifs is 1. The molecule has 1 amide bonds. The molecule has 3 rings (SSSR count). The van der Waals surface area contributed by atoms with Crippen LogP contribution in [0.3, 0.4) is 0 Å². The van der Waals surface area contributed by atoms with Gasteiger partial charge in [-0.25, -0.2) is 0 Å². The van der Waals surface area contributed by atoms with E-state index >= 15 is 0 Å². The van der Waals surface area contributed by atoms with E-state index in [0.717, 1.165) is 28.2 Å². The van der Waals surface area contributed by atoms with Gasteiger partial charge in [-0.1, -0.05) is 18.2 Å². The highest BCUT2D eigenvalue weighted by atomic mass is 16.5. The SMILES string of the molecule is CCOc1ccc(NC(=O)CN(C)C(C)c2cc3ccccc3o2)cc1. The van der Waals surface area contributed by atoms with Crippen LogP contribution < -0.4 is 10.1 Å². The average Bonchev–Trinajstić information content (AvgIpc) is 3.07. The van der Waals surface area contributed by atoms with Gasteiger partial charge >= 0.3 is 0 Å². The highest BCUT2D eigenvalue weighted by Gasteiger charge is 2.18. The summed E-state index contributed by atoms with van der Waals surface area (Å²) in [6.45, 7) is 4.86. The van der Waals surface area contributed by atoms with Gasteiger partial charge in [0.2, 0.25) is 5.91 Å². The number of carbonyl (C=O) groups excluding carboxylic acids is 1. The fourth-order valence-corrected chi connectivity index (χ4v) is 2.79. The molecule has 0 spiro atoms. The third-order valence-electron chi connectivity index (χ3n) is 4.36. The zero-order valence-corrected chi connectivity index (χ0v) is 15.4. The van der Waals surface area contributed by atoms with Crippen LogP contribution in [0.4, 0.5) is 5.69 Å².